The van der Waals surface area contributed by atoms with Crippen LogP contribution in [0.25, 0.3) is 11.4 Å². The molecule has 4 rings (SSSR count). The van der Waals surface area contributed by atoms with Gasteiger partial charge >= 0.3 is 0 Å². The van der Waals surface area contributed by atoms with E-state index in [9.17, 15) is 13.6 Å². The van der Waals surface area contributed by atoms with Gasteiger partial charge in [-0.2, -0.15) is 0 Å². The van der Waals surface area contributed by atoms with E-state index < -0.39 is 5.82 Å². The van der Waals surface area contributed by atoms with E-state index in [0.717, 1.165) is 42.9 Å². The Labute approximate surface area is 171 Å². The summed E-state index contributed by atoms with van der Waals surface area (Å²) in [5.74, 6) is 0.598. The topological polar surface area (TPSA) is 59.8 Å². The van der Waals surface area contributed by atoms with Crippen molar-refractivity contribution in [3.63, 3.8) is 0 Å². The summed E-state index contributed by atoms with van der Waals surface area (Å²) < 4.78 is 29.4. The van der Waals surface area contributed by atoms with Crippen molar-refractivity contribution in [3.05, 3.63) is 59.9 Å². The maximum Gasteiger partial charge on any atom is 0.234 e. The molecule has 1 N–H and O–H groups in total. The number of hydrogen-bond acceptors (Lipinski definition) is 4. The summed E-state index contributed by atoms with van der Waals surface area (Å²) in [6.45, 7) is 0.766. The van der Waals surface area contributed by atoms with Crippen molar-refractivity contribution in [3.8, 4) is 11.4 Å². The zero-order valence-electron chi connectivity index (χ0n) is 15.7. The Bertz CT molecular complexity index is 1020. The van der Waals surface area contributed by atoms with Crippen molar-refractivity contribution in [1.29, 1.82) is 0 Å². The minimum atomic E-state index is -0.400. The molecule has 1 aliphatic heterocycles. The first kappa shape index (κ1) is 19.6. The van der Waals surface area contributed by atoms with Crippen LogP contribution in [0.15, 0.2) is 47.4 Å². The predicted octanol–water partition coefficient (Wildman–Crippen LogP) is 4.68. The summed E-state index contributed by atoms with van der Waals surface area (Å²) in [6.07, 6.45) is 4.03. The van der Waals surface area contributed by atoms with Crippen LogP contribution in [0.4, 0.5) is 14.5 Å². The number of aromatic nitrogens is 3. The van der Waals surface area contributed by atoms with Crippen LogP contribution in [-0.2, 0) is 17.8 Å². The monoisotopic (exact) mass is 414 g/mol. The molecule has 2 heterocycles. The number of hydrogen-bond donors (Lipinski definition) is 1. The first-order chi connectivity index (χ1) is 14.1. The van der Waals surface area contributed by atoms with Crippen LogP contribution in [0.1, 0.15) is 25.1 Å². The Kier molecular flexibility index (Phi) is 5.89. The molecule has 0 spiro atoms. The number of amides is 1. The van der Waals surface area contributed by atoms with Gasteiger partial charge in [-0.1, -0.05) is 6.42 Å². The number of nitrogens with one attached hydrogen (secondary N) is 1. The normalized spacial score (nSPS) is 13.6. The number of nitrogens with zero attached hydrogens (tertiary/aromatic N) is 3. The number of anilines is 1. The van der Waals surface area contributed by atoms with Crippen molar-refractivity contribution in [2.45, 2.75) is 37.1 Å². The Morgan fingerprint density at radius 2 is 1.90 bits per heavy atom. The van der Waals surface area contributed by atoms with Crippen LogP contribution in [0, 0.1) is 11.6 Å². The second kappa shape index (κ2) is 8.73. The summed E-state index contributed by atoms with van der Waals surface area (Å²) in [4.78, 5) is 13.1. The third-order valence-corrected chi connectivity index (χ3v) is 5.80. The molecule has 2 aromatic carbocycles. The molecule has 0 saturated heterocycles. The van der Waals surface area contributed by atoms with E-state index in [1.807, 2.05) is 4.57 Å². The zero-order valence-corrected chi connectivity index (χ0v) is 16.5. The predicted molar refractivity (Wildman–Crippen MR) is 109 cm³/mol. The number of halogens is 2. The molecule has 1 aromatic heterocycles. The molecule has 29 heavy (non-hydrogen) atoms. The highest BCUT2D eigenvalue weighted by molar-refractivity contribution is 8.00. The summed E-state index contributed by atoms with van der Waals surface area (Å²) in [5, 5.41) is 11.2. The molecule has 1 amide bonds. The number of carbonyl (C=O) groups excluding carboxylic acids is 1. The quantitative estimate of drug-likeness (QED) is 0.616. The van der Waals surface area contributed by atoms with Crippen molar-refractivity contribution in [1.82, 2.24) is 14.8 Å². The number of thioether (sulfide) groups is 1. The Balaban J connectivity index is 1.48. The molecule has 0 radical (unpaired) electrons. The molecule has 0 unspecified atom stereocenters. The van der Waals surface area contributed by atoms with Gasteiger partial charge in [-0.05, 0) is 55.3 Å². The van der Waals surface area contributed by atoms with Crippen LogP contribution in [0.3, 0.4) is 0 Å². The van der Waals surface area contributed by atoms with Gasteiger partial charge in [-0.15, -0.1) is 22.0 Å². The number of aryl methyl sites for hydroxylation is 1. The molecule has 0 aliphatic carbocycles. The van der Waals surface area contributed by atoms with E-state index in [1.54, 1.807) is 18.2 Å². The van der Waals surface area contributed by atoms with Crippen LogP contribution in [0.2, 0.25) is 0 Å². The fourth-order valence-corrected chi connectivity index (χ4v) is 4.03. The van der Waals surface area contributed by atoms with Crippen LogP contribution >= 0.6 is 11.8 Å². The first-order valence-electron chi connectivity index (χ1n) is 9.50. The fourth-order valence-electron chi connectivity index (χ4n) is 3.34. The zero-order chi connectivity index (χ0) is 20.2. The first-order valence-corrected chi connectivity index (χ1v) is 10.5. The second-order valence-electron chi connectivity index (χ2n) is 6.89. The second-order valence-corrected chi connectivity index (χ2v) is 7.94. The van der Waals surface area contributed by atoms with Crippen molar-refractivity contribution in [2.24, 2.45) is 0 Å². The molecule has 5 nitrogen and oxygen atoms in total. The summed E-state index contributed by atoms with van der Waals surface area (Å²) in [6, 6.07) is 10.4. The van der Waals surface area contributed by atoms with Gasteiger partial charge in [0.15, 0.2) is 5.82 Å². The lowest BCUT2D eigenvalue weighted by Crippen LogP contribution is -2.14. The third kappa shape index (κ3) is 4.64. The standard InChI is InChI=1S/C21H20F2N4OS/c22-14-5-8-16(9-6-14)29-13-20(28)24-15-7-10-18(23)17(12-15)21-26-25-19-4-2-1-3-11-27(19)21/h5-10,12H,1-4,11,13H2,(H,24,28). The van der Waals surface area contributed by atoms with Crippen molar-refractivity contribution < 1.29 is 13.6 Å². The SMILES string of the molecule is O=C(CSc1ccc(F)cc1)Nc1ccc(F)c(-c2nnc3n2CCCCC3)c1. The van der Waals surface area contributed by atoms with Crippen molar-refractivity contribution in [2.75, 3.05) is 11.1 Å². The molecule has 3 aromatic rings. The number of benzene rings is 2. The summed E-state index contributed by atoms with van der Waals surface area (Å²) >= 11 is 1.30. The lowest BCUT2D eigenvalue weighted by Gasteiger charge is -2.10. The fraction of sp³-hybridized carbons (Fsp3) is 0.286. The molecule has 0 fully saturated rings. The van der Waals surface area contributed by atoms with E-state index in [-0.39, 0.29) is 17.5 Å². The van der Waals surface area contributed by atoms with Gasteiger partial charge in [0.05, 0.1) is 11.3 Å². The molecule has 0 saturated carbocycles. The van der Waals surface area contributed by atoms with Crippen LogP contribution in [-0.4, -0.2) is 26.4 Å². The largest absolute Gasteiger partial charge is 0.325 e. The molecular formula is C21H20F2N4OS. The Morgan fingerprint density at radius 3 is 2.72 bits per heavy atom. The van der Waals surface area contributed by atoms with E-state index in [0.29, 0.717) is 17.1 Å². The van der Waals surface area contributed by atoms with E-state index >= 15 is 0 Å². The number of fused-ring (bicyclic) bond motifs is 1. The van der Waals surface area contributed by atoms with E-state index in [4.69, 9.17) is 0 Å². The molecule has 8 heteroatoms. The molecule has 1 aliphatic rings. The van der Waals surface area contributed by atoms with Crippen LogP contribution < -0.4 is 5.32 Å². The van der Waals surface area contributed by atoms with Gasteiger partial charge in [0.1, 0.15) is 17.5 Å². The number of carbonyl (C=O) groups is 1. The molecular weight excluding hydrogens is 394 g/mol. The minimum Gasteiger partial charge on any atom is -0.325 e. The lowest BCUT2D eigenvalue weighted by atomic mass is 10.1. The van der Waals surface area contributed by atoms with Gasteiger partial charge in [-0.25, -0.2) is 8.78 Å². The highest BCUT2D eigenvalue weighted by Crippen LogP contribution is 2.28. The maximum absolute atomic E-state index is 14.5. The van der Waals surface area contributed by atoms with Gasteiger partial charge in [0.25, 0.3) is 0 Å². The smallest absolute Gasteiger partial charge is 0.234 e. The average Bonchev–Trinajstić information content (AvgIpc) is 2.96. The van der Waals surface area contributed by atoms with E-state index in [2.05, 4.69) is 15.5 Å². The maximum atomic E-state index is 14.5. The number of rotatable bonds is 5. The highest BCUT2D eigenvalue weighted by Gasteiger charge is 2.19. The minimum absolute atomic E-state index is 0.165. The average molecular weight is 414 g/mol. The van der Waals surface area contributed by atoms with Gasteiger partial charge in [0.2, 0.25) is 5.91 Å². The van der Waals surface area contributed by atoms with E-state index in [1.165, 1.54) is 36.0 Å². The Morgan fingerprint density at radius 1 is 1.07 bits per heavy atom. The summed E-state index contributed by atoms with van der Waals surface area (Å²) in [5.41, 5.74) is 0.826. The Hall–Kier alpha value is -2.74. The lowest BCUT2D eigenvalue weighted by molar-refractivity contribution is -0.113. The van der Waals surface area contributed by atoms with Gasteiger partial charge in [0, 0.05) is 23.5 Å². The van der Waals surface area contributed by atoms with Crippen LogP contribution in [0.5, 0.6) is 0 Å². The van der Waals surface area contributed by atoms with Gasteiger partial charge < -0.3 is 9.88 Å². The molecule has 0 atom stereocenters. The highest BCUT2D eigenvalue weighted by atomic mass is 32.2. The van der Waals surface area contributed by atoms with Gasteiger partial charge in [-0.3, -0.25) is 4.79 Å². The summed E-state index contributed by atoms with van der Waals surface area (Å²) in [7, 11) is 0. The molecule has 0 bridgehead atoms. The van der Waals surface area contributed by atoms with Crippen molar-refractivity contribution >= 4 is 23.4 Å². The third-order valence-electron chi connectivity index (χ3n) is 4.78. The molecule has 150 valence electrons.